The predicted molar refractivity (Wildman–Crippen MR) is 112 cm³/mol. The molecule has 4 rings (SSSR count). The van der Waals surface area contributed by atoms with Crippen LogP contribution in [0.5, 0.6) is 5.75 Å². The van der Waals surface area contributed by atoms with Crippen LogP contribution in [0.2, 0.25) is 0 Å². The van der Waals surface area contributed by atoms with Crippen LogP contribution < -0.4 is 15.0 Å². The molecule has 0 saturated heterocycles. The van der Waals surface area contributed by atoms with Gasteiger partial charge in [-0.3, -0.25) is 9.59 Å². The fourth-order valence-corrected chi connectivity index (χ4v) is 3.85. The van der Waals surface area contributed by atoms with Crippen molar-refractivity contribution in [3.05, 3.63) is 53.6 Å². The lowest BCUT2D eigenvalue weighted by Crippen LogP contribution is -2.48. The second kappa shape index (κ2) is 8.18. The van der Waals surface area contributed by atoms with Crippen molar-refractivity contribution in [1.82, 2.24) is 0 Å². The van der Waals surface area contributed by atoms with Crippen molar-refractivity contribution in [2.75, 3.05) is 16.8 Å². The molecule has 2 atom stereocenters. The number of benzene rings is 2. The summed E-state index contributed by atoms with van der Waals surface area (Å²) in [5, 5.41) is 2.80. The van der Waals surface area contributed by atoms with Crippen molar-refractivity contribution >= 4 is 29.2 Å². The fourth-order valence-electron chi connectivity index (χ4n) is 3.85. The number of carbonyl (C=O) groups excluding carboxylic acids is 3. The molecule has 1 aliphatic carbocycles. The molecule has 1 heterocycles. The summed E-state index contributed by atoms with van der Waals surface area (Å²) in [6.07, 6.45) is 1.20. The number of nitrogens with zero attached hydrogens (tertiary/aromatic N) is 1. The van der Waals surface area contributed by atoms with Crippen LogP contribution >= 0.6 is 0 Å². The summed E-state index contributed by atoms with van der Waals surface area (Å²) >= 11 is 0. The van der Waals surface area contributed by atoms with Gasteiger partial charge in [0.25, 0.3) is 5.91 Å². The van der Waals surface area contributed by atoms with Gasteiger partial charge in [-0.15, -0.1) is 0 Å². The lowest BCUT2D eigenvalue weighted by atomic mass is 10.1. The van der Waals surface area contributed by atoms with E-state index in [1.165, 1.54) is 29.9 Å². The number of ether oxygens (including phenoxy) is 2. The molecule has 2 aromatic rings. The standard InChI is InChI=1S/C23H24N2O5/c1-14(22(27)24-18-11-10-16-6-5-7-17(16)12-18)29-23(28)21-13-25(15(2)26)19-8-3-4-9-20(19)30-21/h3-4,8-12,14,21H,5-7,13H2,1-2H3,(H,24,27)/t14-,21+/m0/s1. The summed E-state index contributed by atoms with van der Waals surface area (Å²) in [5.74, 6) is -0.879. The quantitative estimate of drug-likeness (QED) is 0.787. The van der Waals surface area contributed by atoms with E-state index in [9.17, 15) is 14.4 Å². The lowest BCUT2D eigenvalue weighted by molar-refractivity contribution is -0.160. The number of hydrogen-bond donors (Lipinski definition) is 1. The Morgan fingerprint density at radius 3 is 2.70 bits per heavy atom. The Kier molecular flexibility index (Phi) is 5.44. The van der Waals surface area contributed by atoms with Gasteiger partial charge in [0.15, 0.2) is 6.10 Å². The first-order valence-electron chi connectivity index (χ1n) is 10.1. The van der Waals surface area contributed by atoms with E-state index >= 15 is 0 Å². The molecule has 1 aliphatic heterocycles. The molecule has 0 aromatic heterocycles. The van der Waals surface area contributed by atoms with E-state index in [2.05, 4.69) is 5.32 Å². The van der Waals surface area contributed by atoms with Crippen molar-refractivity contribution < 1.29 is 23.9 Å². The molecule has 1 N–H and O–H groups in total. The third-order valence-corrected chi connectivity index (χ3v) is 5.44. The topological polar surface area (TPSA) is 84.9 Å². The molecule has 2 amide bonds. The van der Waals surface area contributed by atoms with Crippen LogP contribution in [0.1, 0.15) is 31.4 Å². The maximum Gasteiger partial charge on any atom is 0.350 e. The van der Waals surface area contributed by atoms with Gasteiger partial charge < -0.3 is 19.7 Å². The van der Waals surface area contributed by atoms with Gasteiger partial charge in [0.2, 0.25) is 12.0 Å². The largest absolute Gasteiger partial charge is 0.475 e. The smallest absolute Gasteiger partial charge is 0.350 e. The van der Waals surface area contributed by atoms with Crippen LogP contribution in [-0.2, 0) is 32.0 Å². The first kappa shape index (κ1) is 19.9. The molecule has 2 aromatic carbocycles. The monoisotopic (exact) mass is 408 g/mol. The van der Waals surface area contributed by atoms with E-state index in [0.29, 0.717) is 17.1 Å². The zero-order valence-electron chi connectivity index (χ0n) is 17.0. The molecule has 0 spiro atoms. The number of fused-ring (bicyclic) bond motifs is 2. The van der Waals surface area contributed by atoms with Crippen LogP contribution in [0.3, 0.4) is 0 Å². The van der Waals surface area contributed by atoms with Crippen molar-refractivity contribution in [1.29, 1.82) is 0 Å². The number of para-hydroxylation sites is 2. The number of carbonyl (C=O) groups is 3. The summed E-state index contributed by atoms with van der Waals surface area (Å²) < 4.78 is 11.1. The molecule has 30 heavy (non-hydrogen) atoms. The number of esters is 1. The highest BCUT2D eigenvalue weighted by molar-refractivity contribution is 5.97. The molecule has 2 aliphatic rings. The number of rotatable bonds is 4. The third kappa shape index (κ3) is 4.01. The van der Waals surface area contributed by atoms with Gasteiger partial charge in [0.05, 0.1) is 12.2 Å². The van der Waals surface area contributed by atoms with Gasteiger partial charge >= 0.3 is 5.97 Å². The number of hydrogen-bond acceptors (Lipinski definition) is 5. The highest BCUT2D eigenvalue weighted by Gasteiger charge is 2.35. The summed E-state index contributed by atoms with van der Waals surface area (Å²) in [6.45, 7) is 2.97. The molecule has 0 unspecified atom stereocenters. The number of nitrogens with one attached hydrogen (secondary N) is 1. The Balaban J connectivity index is 1.39. The average molecular weight is 408 g/mol. The van der Waals surface area contributed by atoms with Crippen LogP contribution in [0.15, 0.2) is 42.5 Å². The lowest BCUT2D eigenvalue weighted by Gasteiger charge is -2.33. The highest BCUT2D eigenvalue weighted by Crippen LogP contribution is 2.33. The van der Waals surface area contributed by atoms with Crippen molar-refractivity contribution in [3.63, 3.8) is 0 Å². The van der Waals surface area contributed by atoms with Gasteiger partial charge in [-0.05, 0) is 61.6 Å². The number of anilines is 2. The highest BCUT2D eigenvalue weighted by atomic mass is 16.6. The van der Waals surface area contributed by atoms with Crippen molar-refractivity contribution in [2.24, 2.45) is 0 Å². The number of aryl methyl sites for hydroxylation is 2. The number of amides is 2. The van der Waals surface area contributed by atoms with Crippen molar-refractivity contribution in [2.45, 2.75) is 45.3 Å². The van der Waals surface area contributed by atoms with Crippen LogP contribution in [0, 0.1) is 0 Å². The van der Waals surface area contributed by atoms with Crippen LogP contribution in [0.25, 0.3) is 0 Å². The zero-order valence-corrected chi connectivity index (χ0v) is 17.0. The maximum atomic E-state index is 12.6. The van der Waals surface area contributed by atoms with Gasteiger partial charge in [0.1, 0.15) is 5.75 Å². The molecule has 0 saturated carbocycles. The first-order chi connectivity index (χ1) is 14.4. The Morgan fingerprint density at radius 1 is 1.13 bits per heavy atom. The molecule has 0 fully saturated rings. The summed E-state index contributed by atoms with van der Waals surface area (Å²) in [6, 6.07) is 12.9. The van der Waals surface area contributed by atoms with E-state index < -0.39 is 24.1 Å². The van der Waals surface area contributed by atoms with Gasteiger partial charge in [-0.2, -0.15) is 0 Å². The minimum absolute atomic E-state index is 0.0321. The van der Waals surface area contributed by atoms with E-state index in [4.69, 9.17) is 9.47 Å². The zero-order chi connectivity index (χ0) is 21.3. The van der Waals surface area contributed by atoms with E-state index in [-0.39, 0.29) is 12.5 Å². The van der Waals surface area contributed by atoms with E-state index in [1.54, 1.807) is 24.3 Å². The molecule has 7 nitrogen and oxygen atoms in total. The molecule has 0 bridgehead atoms. The normalized spacial score (nSPS) is 17.9. The molecular weight excluding hydrogens is 384 g/mol. The predicted octanol–water partition coefficient (Wildman–Crippen LogP) is 2.86. The Hall–Kier alpha value is -3.35. The van der Waals surface area contributed by atoms with E-state index in [1.807, 2.05) is 18.2 Å². The Labute approximate surface area is 175 Å². The Morgan fingerprint density at radius 2 is 1.90 bits per heavy atom. The van der Waals surface area contributed by atoms with E-state index in [0.717, 1.165) is 19.3 Å². The van der Waals surface area contributed by atoms with Gasteiger partial charge in [0, 0.05) is 12.6 Å². The second-order valence-corrected chi connectivity index (χ2v) is 7.61. The average Bonchev–Trinajstić information content (AvgIpc) is 3.20. The van der Waals surface area contributed by atoms with Crippen LogP contribution in [0.4, 0.5) is 11.4 Å². The second-order valence-electron chi connectivity index (χ2n) is 7.61. The van der Waals surface area contributed by atoms with Gasteiger partial charge in [-0.1, -0.05) is 18.2 Å². The Bertz CT molecular complexity index is 1000. The maximum absolute atomic E-state index is 12.6. The molecular formula is C23H24N2O5. The van der Waals surface area contributed by atoms with Gasteiger partial charge in [-0.25, -0.2) is 4.79 Å². The van der Waals surface area contributed by atoms with Crippen LogP contribution in [-0.4, -0.2) is 36.5 Å². The van der Waals surface area contributed by atoms with Crippen molar-refractivity contribution in [3.8, 4) is 5.75 Å². The molecule has 0 radical (unpaired) electrons. The summed E-state index contributed by atoms with van der Waals surface area (Å²) in [5.41, 5.74) is 3.86. The first-order valence-corrected chi connectivity index (χ1v) is 10.1. The summed E-state index contributed by atoms with van der Waals surface area (Å²) in [4.78, 5) is 38.6. The summed E-state index contributed by atoms with van der Waals surface area (Å²) in [7, 11) is 0. The third-order valence-electron chi connectivity index (χ3n) is 5.44. The fraction of sp³-hybridized carbons (Fsp3) is 0.348. The minimum atomic E-state index is -1.00. The minimum Gasteiger partial charge on any atom is -0.475 e. The SMILES string of the molecule is CC(=O)N1C[C@H](C(=O)O[C@@H](C)C(=O)Nc2ccc3c(c2)CCC3)Oc2ccccc21. The molecule has 156 valence electrons. The molecule has 7 heteroatoms.